The molecule has 0 radical (unpaired) electrons. The normalized spacial score (nSPS) is 11.7. The molecule has 0 amide bonds. The highest BCUT2D eigenvalue weighted by Gasteiger charge is 2.17. The fraction of sp³-hybridized carbons (Fsp3) is 0. The maximum absolute atomic E-state index is 5.36. The van der Waals surface area contributed by atoms with Gasteiger partial charge < -0.3 is 9.13 Å². The van der Waals surface area contributed by atoms with Crippen LogP contribution >= 0.6 is 0 Å². The average molecular weight is 765 g/mol. The lowest BCUT2D eigenvalue weighted by Crippen LogP contribution is -1.99. The summed E-state index contributed by atoms with van der Waals surface area (Å²) in [6, 6.07) is 77.9. The Morgan fingerprint density at radius 1 is 0.283 bits per heavy atom. The van der Waals surface area contributed by atoms with Crippen LogP contribution in [0.25, 0.3) is 111 Å². The molecule has 0 bridgehead atoms. The highest BCUT2D eigenvalue weighted by Crippen LogP contribution is 2.37. The van der Waals surface area contributed by atoms with Crippen LogP contribution in [0.2, 0.25) is 0 Å². The van der Waals surface area contributed by atoms with E-state index in [2.05, 4.69) is 228 Å². The van der Waals surface area contributed by atoms with Gasteiger partial charge in [-0.2, -0.15) is 0 Å². The largest absolute Gasteiger partial charge is 0.309 e. The Morgan fingerprint density at radius 2 is 0.700 bits per heavy atom. The molecular weight excluding hydrogens is 729 g/mol. The van der Waals surface area contributed by atoms with Gasteiger partial charge in [-0.3, -0.25) is 0 Å². The lowest BCUT2D eigenvalue weighted by Gasteiger charge is -2.14. The zero-order valence-electron chi connectivity index (χ0n) is 32.6. The first-order chi connectivity index (χ1) is 29.7. The molecule has 0 spiro atoms. The van der Waals surface area contributed by atoms with Gasteiger partial charge in [-0.25, -0.2) is 9.97 Å². The third kappa shape index (κ3) is 5.53. The first-order valence-corrected chi connectivity index (χ1v) is 20.4. The summed E-state index contributed by atoms with van der Waals surface area (Å²) >= 11 is 0. The van der Waals surface area contributed by atoms with E-state index in [0.717, 1.165) is 39.5 Å². The first kappa shape index (κ1) is 34.0. The molecule has 9 aromatic carbocycles. The van der Waals surface area contributed by atoms with Crippen LogP contribution in [0.15, 0.2) is 218 Å². The van der Waals surface area contributed by atoms with Crippen molar-refractivity contribution in [2.24, 2.45) is 0 Å². The quantitative estimate of drug-likeness (QED) is 0.169. The van der Waals surface area contributed by atoms with Gasteiger partial charge in [-0.15, -0.1) is 0 Å². The van der Waals surface area contributed by atoms with E-state index in [9.17, 15) is 0 Å². The van der Waals surface area contributed by atoms with Gasteiger partial charge in [0.2, 0.25) is 0 Å². The van der Waals surface area contributed by atoms with Gasteiger partial charge in [0.25, 0.3) is 0 Å². The van der Waals surface area contributed by atoms with E-state index in [1.54, 1.807) is 0 Å². The van der Waals surface area contributed by atoms with E-state index in [1.165, 1.54) is 65.5 Å². The van der Waals surface area contributed by atoms with Crippen molar-refractivity contribution >= 4 is 54.4 Å². The van der Waals surface area contributed by atoms with E-state index in [0.29, 0.717) is 5.82 Å². The van der Waals surface area contributed by atoms with Crippen molar-refractivity contribution in [2.45, 2.75) is 0 Å². The third-order valence-electron chi connectivity index (χ3n) is 11.9. The lowest BCUT2D eigenvalue weighted by atomic mass is 9.97. The van der Waals surface area contributed by atoms with E-state index >= 15 is 0 Å². The lowest BCUT2D eigenvalue weighted by molar-refractivity contribution is 1.15. The second-order valence-electron chi connectivity index (χ2n) is 15.4. The van der Waals surface area contributed by atoms with Gasteiger partial charge in [0.15, 0.2) is 5.82 Å². The summed E-state index contributed by atoms with van der Waals surface area (Å²) in [6.45, 7) is 0. The average Bonchev–Trinajstić information content (AvgIpc) is 3.85. The van der Waals surface area contributed by atoms with Crippen LogP contribution in [0.1, 0.15) is 0 Å². The maximum Gasteiger partial charge on any atom is 0.160 e. The Bertz CT molecular complexity index is 3320. The van der Waals surface area contributed by atoms with Crippen LogP contribution < -0.4 is 0 Å². The molecule has 280 valence electrons. The van der Waals surface area contributed by atoms with Gasteiger partial charge in [0, 0.05) is 49.6 Å². The molecule has 60 heavy (non-hydrogen) atoms. The minimum atomic E-state index is 0.672. The minimum absolute atomic E-state index is 0.672. The number of hydrogen-bond acceptors (Lipinski definition) is 2. The van der Waals surface area contributed by atoms with Gasteiger partial charge in [0.1, 0.15) is 0 Å². The number of rotatable bonds is 6. The predicted octanol–water partition coefficient (Wildman–Crippen LogP) is 14.5. The molecule has 0 aliphatic rings. The van der Waals surface area contributed by atoms with Crippen molar-refractivity contribution in [3.8, 4) is 56.4 Å². The van der Waals surface area contributed by atoms with E-state index in [1.807, 2.05) is 0 Å². The summed E-state index contributed by atoms with van der Waals surface area (Å²) in [6.07, 6.45) is 0. The van der Waals surface area contributed by atoms with Gasteiger partial charge in [-0.1, -0.05) is 164 Å². The molecule has 0 N–H and O–H groups in total. The molecule has 0 saturated carbocycles. The zero-order valence-corrected chi connectivity index (χ0v) is 32.6. The molecule has 0 atom stereocenters. The molecular formula is C56H36N4. The van der Waals surface area contributed by atoms with E-state index in [4.69, 9.17) is 9.97 Å². The number of para-hydroxylation sites is 4. The summed E-state index contributed by atoms with van der Waals surface area (Å²) < 4.78 is 4.71. The van der Waals surface area contributed by atoms with Crippen molar-refractivity contribution in [3.63, 3.8) is 0 Å². The minimum Gasteiger partial charge on any atom is -0.309 e. The van der Waals surface area contributed by atoms with Crippen molar-refractivity contribution in [2.75, 3.05) is 0 Å². The topological polar surface area (TPSA) is 35.6 Å². The van der Waals surface area contributed by atoms with Crippen LogP contribution in [0.5, 0.6) is 0 Å². The molecule has 3 aromatic heterocycles. The fourth-order valence-electron chi connectivity index (χ4n) is 9.16. The fourth-order valence-corrected chi connectivity index (χ4v) is 9.16. The molecule has 3 heterocycles. The van der Waals surface area contributed by atoms with Gasteiger partial charge >= 0.3 is 0 Å². The third-order valence-corrected chi connectivity index (χ3v) is 11.9. The molecule has 0 aliphatic heterocycles. The van der Waals surface area contributed by atoms with Crippen LogP contribution in [0.4, 0.5) is 0 Å². The summed E-state index contributed by atoms with van der Waals surface area (Å²) in [7, 11) is 0. The Labute approximate surface area is 346 Å². The van der Waals surface area contributed by atoms with Crippen LogP contribution in [0, 0.1) is 0 Å². The summed E-state index contributed by atoms with van der Waals surface area (Å²) in [4.78, 5) is 10.7. The predicted molar refractivity (Wildman–Crippen MR) is 250 cm³/mol. The second-order valence-corrected chi connectivity index (χ2v) is 15.4. The number of fused-ring (bicyclic) bond motifs is 7. The molecule has 0 aliphatic carbocycles. The monoisotopic (exact) mass is 764 g/mol. The Balaban J connectivity index is 1.03. The molecule has 4 heteroatoms. The van der Waals surface area contributed by atoms with Crippen LogP contribution in [0.3, 0.4) is 0 Å². The number of hydrogen-bond donors (Lipinski definition) is 0. The van der Waals surface area contributed by atoms with Crippen molar-refractivity contribution < 1.29 is 0 Å². The molecule has 4 nitrogen and oxygen atoms in total. The standard InChI is InChI=1S/C56H36N4/c1-2-20-44-37(14-1)15-13-25-45(44)38-30-32-39(33-31-38)50-36-51(40-16-11-18-42(34-40)59-52-26-7-3-21-46(52)47-22-4-8-27-53(47)59)58-56(57-50)41-17-12-19-43(35-41)60-54-28-9-5-23-48(54)49-24-6-10-29-55(49)60/h1-36H. The van der Waals surface area contributed by atoms with E-state index in [-0.39, 0.29) is 0 Å². The summed E-state index contributed by atoms with van der Waals surface area (Å²) in [5.74, 6) is 0.672. The van der Waals surface area contributed by atoms with Crippen molar-refractivity contribution in [1.29, 1.82) is 0 Å². The molecule has 0 unspecified atom stereocenters. The smallest absolute Gasteiger partial charge is 0.160 e. The van der Waals surface area contributed by atoms with E-state index < -0.39 is 0 Å². The van der Waals surface area contributed by atoms with Crippen molar-refractivity contribution in [1.82, 2.24) is 19.1 Å². The number of nitrogens with zero attached hydrogens (tertiary/aromatic N) is 4. The highest BCUT2D eigenvalue weighted by molar-refractivity contribution is 6.10. The Morgan fingerprint density at radius 3 is 1.27 bits per heavy atom. The van der Waals surface area contributed by atoms with Crippen LogP contribution in [-0.2, 0) is 0 Å². The van der Waals surface area contributed by atoms with Gasteiger partial charge in [0.05, 0.1) is 33.5 Å². The Hall–Kier alpha value is -8.08. The number of aromatic nitrogens is 4. The van der Waals surface area contributed by atoms with Crippen molar-refractivity contribution in [3.05, 3.63) is 218 Å². The zero-order chi connectivity index (χ0) is 39.6. The van der Waals surface area contributed by atoms with Crippen LogP contribution in [-0.4, -0.2) is 19.1 Å². The highest BCUT2D eigenvalue weighted by atomic mass is 15.0. The number of benzene rings is 9. The SMILES string of the molecule is c1cc(-c2cc(-c3ccc(-c4cccc5ccccc45)cc3)nc(-c3cccc(-n4c5ccccc5c5ccccc54)c3)n2)cc(-n2c3ccccc3c3ccccc32)c1. The maximum atomic E-state index is 5.36. The van der Waals surface area contributed by atoms with Gasteiger partial charge in [-0.05, 0) is 76.5 Å². The molecule has 0 fully saturated rings. The first-order valence-electron chi connectivity index (χ1n) is 20.4. The second kappa shape index (κ2) is 13.8. The molecule has 0 saturated heterocycles. The molecule has 12 rings (SSSR count). The summed E-state index contributed by atoms with van der Waals surface area (Å²) in [5.41, 5.74) is 13.9. The summed E-state index contributed by atoms with van der Waals surface area (Å²) in [5, 5.41) is 7.41. The molecule has 12 aromatic rings. The Kier molecular flexibility index (Phi) is 7.82.